The third-order valence-electron chi connectivity index (χ3n) is 5.83. The van der Waals surface area contributed by atoms with Crippen molar-refractivity contribution >= 4 is 29.9 Å². The molecule has 2 aliphatic rings. The number of hydrogen-bond acceptors (Lipinski definition) is 5. The molecule has 1 spiro atoms. The van der Waals surface area contributed by atoms with Crippen LogP contribution < -0.4 is 14.8 Å². The van der Waals surface area contributed by atoms with Crippen LogP contribution in [0.4, 0.5) is 0 Å². The zero-order valence-corrected chi connectivity index (χ0v) is 21.2. The lowest BCUT2D eigenvalue weighted by atomic mass is 9.87. The summed E-state index contributed by atoms with van der Waals surface area (Å²) in [6.07, 6.45) is 4.15. The number of benzene rings is 1. The van der Waals surface area contributed by atoms with Crippen molar-refractivity contribution in [3.8, 4) is 17.4 Å². The van der Waals surface area contributed by atoms with Crippen LogP contribution in [0.25, 0.3) is 0 Å². The van der Waals surface area contributed by atoms with Crippen molar-refractivity contribution in [3.05, 3.63) is 48.2 Å². The van der Waals surface area contributed by atoms with E-state index in [1.54, 1.807) is 0 Å². The van der Waals surface area contributed by atoms with Gasteiger partial charge in [0.1, 0.15) is 0 Å². The van der Waals surface area contributed by atoms with E-state index in [1.807, 2.05) is 49.5 Å². The van der Waals surface area contributed by atoms with Crippen LogP contribution in [0.1, 0.15) is 32.3 Å². The van der Waals surface area contributed by atoms with Crippen molar-refractivity contribution in [1.29, 1.82) is 0 Å². The first kappa shape index (κ1) is 24.6. The molecular formula is C24H33IN4O3. The molecular weight excluding hydrogens is 519 g/mol. The standard InChI is InChI=1S/C24H32N4O3.HI/c1-3-25-23(28-13-11-24(17-28)12-14-29-18-24)27-16-19-9-10-22(26-15-19)31-21-8-6-5-7-20(21)30-4-2;/h5-10,15H,3-4,11-14,16-18H2,1-2H3,(H,25,27);1H. The third kappa shape index (κ3) is 6.04. The Morgan fingerprint density at radius 2 is 2.03 bits per heavy atom. The molecule has 2 fully saturated rings. The average molecular weight is 552 g/mol. The summed E-state index contributed by atoms with van der Waals surface area (Å²) in [4.78, 5) is 11.7. The molecule has 2 aromatic rings. The number of rotatable bonds is 7. The van der Waals surface area contributed by atoms with E-state index < -0.39 is 0 Å². The molecule has 2 saturated heterocycles. The van der Waals surface area contributed by atoms with Crippen molar-refractivity contribution in [2.75, 3.05) is 39.5 Å². The Morgan fingerprint density at radius 1 is 1.19 bits per heavy atom. The lowest BCUT2D eigenvalue weighted by molar-refractivity contribution is 0.156. The van der Waals surface area contributed by atoms with E-state index >= 15 is 0 Å². The van der Waals surface area contributed by atoms with Gasteiger partial charge in [0.15, 0.2) is 17.5 Å². The van der Waals surface area contributed by atoms with Crippen molar-refractivity contribution < 1.29 is 14.2 Å². The highest BCUT2D eigenvalue weighted by Crippen LogP contribution is 2.38. The summed E-state index contributed by atoms with van der Waals surface area (Å²) >= 11 is 0. The van der Waals surface area contributed by atoms with Gasteiger partial charge in [-0.1, -0.05) is 18.2 Å². The first-order valence-corrected chi connectivity index (χ1v) is 11.2. The maximum Gasteiger partial charge on any atom is 0.219 e. The summed E-state index contributed by atoms with van der Waals surface area (Å²) in [7, 11) is 0. The van der Waals surface area contributed by atoms with Gasteiger partial charge in [0.25, 0.3) is 0 Å². The number of likely N-dealkylation sites (tertiary alicyclic amines) is 1. The van der Waals surface area contributed by atoms with Crippen LogP contribution >= 0.6 is 24.0 Å². The van der Waals surface area contributed by atoms with E-state index in [0.29, 0.717) is 35.9 Å². The van der Waals surface area contributed by atoms with Crippen LogP contribution in [0.15, 0.2) is 47.6 Å². The van der Waals surface area contributed by atoms with E-state index in [9.17, 15) is 0 Å². The fraction of sp³-hybridized carbons (Fsp3) is 0.500. The predicted octanol–water partition coefficient (Wildman–Crippen LogP) is 4.47. The molecule has 0 aliphatic carbocycles. The lowest BCUT2D eigenvalue weighted by Gasteiger charge is -2.25. The number of nitrogens with one attached hydrogen (secondary N) is 1. The molecule has 7 nitrogen and oxygen atoms in total. The smallest absolute Gasteiger partial charge is 0.219 e. The average Bonchev–Trinajstić information content (AvgIpc) is 3.43. The summed E-state index contributed by atoms with van der Waals surface area (Å²) in [5.74, 6) is 2.88. The molecule has 1 aromatic carbocycles. The van der Waals surface area contributed by atoms with Gasteiger partial charge in [-0.15, -0.1) is 24.0 Å². The number of nitrogens with zero attached hydrogens (tertiary/aromatic N) is 3. The Kier molecular flexibility index (Phi) is 8.98. The molecule has 174 valence electrons. The van der Waals surface area contributed by atoms with Gasteiger partial charge in [0.05, 0.1) is 19.8 Å². The van der Waals surface area contributed by atoms with E-state index in [-0.39, 0.29) is 24.0 Å². The Hall–Kier alpha value is -2.07. The molecule has 0 amide bonds. The Balaban J connectivity index is 0.00000289. The number of para-hydroxylation sites is 2. The van der Waals surface area contributed by atoms with Gasteiger partial charge in [-0.05, 0) is 44.4 Å². The molecule has 0 bridgehead atoms. The van der Waals surface area contributed by atoms with E-state index in [4.69, 9.17) is 19.2 Å². The van der Waals surface area contributed by atoms with E-state index in [1.165, 1.54) is 6.42 Å². The molecule has 1 atom stereocenters. The van der Waals surface area contributed by atoms with Gasteiger partial charge < -0.3 is 24.4 Å². The zero-order valence-electron chi connectivity index (χ0n) is 18.9. The largest absolute Gasteiger partial charge is 0.490 e. The van der Waals surface area contributed by atoms with Crippen LogP contribution in [0.3, 0.4) is 0 Å². The highest BCUT2D eigenvalue weighted by atomic mass is 127. The SMILES string of the molecule is CCNC(=NCc1ccc(Oc2ccccc2OCC)nc1)N1CCC2(CCOC2)C1.I. The van der Waals surface area contributed by atoms with Gasteiger partial charge in [-0.3, -0.25) is 0 Å². The fourth-order valence-electron chi connectivity index (χ4n) is 4.17. The maximum atomic E-state index is 5.91. The topological polar surface area (TPSA) is 68.2 Å². The van der Waals surface area contributed by atoms with Gasteiger partial charge in [0, 0.05) is 43.9 Å². The summed E-state index contributed by atoms with van der Waals surface area (Å²) in [5, 5.41) is 3.44. The van der Waals surface area contributed by atoms with Crippen molar-refractivity contribution in [2.45, 2.75) is 33.2 Å². The Labute approximate surface area is 207 Å². The van der Waals surface area contributed by atoms with Crippen LogP contribution in [-0.2, 0) is 11.3 Å². The van der Waals surface area contributed by atoms with Crippen LogP contribution in [0.2, 0.25) is 0 Å². The molecule has 1 N–H and O–H groups in total. The number of pyridine rings is 1. The lowest BCUT2D eigenvalue weighted by Crippen LogP contribution is -2.41. The summed E-state index contributed by atoms with van der Waals surface area (Å²) in [5.41, 5.74) is 1.35. The summed E-state index contributed by atoms with van der Waals surface area (Å²) < 4.78 is 17.2. The second-order valence-corrected chi connectivity index (χ2v) is 8.13. The first-order chi connectivity index (χ1) is 15.2. The monoisotopic (exact) mass is 552 g/mol. The molecule has 2 aliphatic heterocycles. The Bertz CT molecular complexity index is 885. The molecule has 3 heterocycles. The summed E-state index contributed by atoms with van der Waals surface area (Å²) in [6.45, 7) is 9.88. The molecule has 8 heteroatoms. The van der Waals surface area contributed by atoms with E-state index in [2.05, 4.69) is 22.1 Å². The zero-order chi connectivity index (χ0) is 21.5. The number of hydrogen-bond donors (Lipinski definition) is 1. The second-order valence-electron chi connectivity index (χ2n) is 8.13. The number of ether oxygens (including phenoxy) is 3. The molecule has 0 saturated carbocycles. The highest BCUT2D eigenvalue weighted by Gasteiger charge is 2.42. The summed E-state index contributed by atoms with van der Waals surface area (Å²) in [6, 6.07) is 11.5. The number of halogens is 1. The number of aromatic nitrogens is 1. The molecule has 1 aromatic heterocycles. The van der Waals surface area contributed by atoms with E-state index in [0.717, 1.165) is 50.8 Å². The fourth-order valence-corrected chi connectivity index (χ4v) is 4.17. The molecule has 1 unspecified atom stereocenters. The quantitative estimate of drug-likeness (QED) is 0.311. The van der Waals surface area contributed by atoms with Gasteiger partial charge >= 0.3 is 0 Å². The highest BCUT2D eigenvalue weighted by molar-refractivity contribution is 14.0. The second kappa shape index (κ2) is 11.7. The van der Waals surface area contributed by atoms with Gasteiger partial charge in [-0.2, -0.15) is 0 Å². The predicted molar refractivity (Wildman–Crippen MR) is 136 cm³/mol. The minimum atomic E-state index is 0. The maximum absolute atomic E-state index is 5.91. The van der Waals surface area contributed by atoms with Crippen LogP contribution in [-0.4, -0.2) is 55.3 Å². The van der Waals surface area contributed by atoms with Crippen LogP contribution in [0.5, 0.6) is 17.4 Å². The number of guanidine groups is 1. The van der Waals surface area contributed by atoms with Crippen LogP contribution in [0, 0.1) is 5.41 Å². The first-order valence-electron chi connectivity index (χ1n) is 11.2. The van der Waals surface area contributed by atoms with Crippen molar-refractivity contribution in [3.63, 3.8) is 0 Å². The van der Waals surface area contributed by atoms with Gasteiger partial charge in [-0.25, -0.2) is 9.98 Å². The minimum Gasteiger partial charge on any atom is -0.490 e. The molecule has 0 radical (unpaired) electrons. The normalized spacial score (nSPS) is 20.3. The van der Waals surface area contributed by atoms with Crippen molar-refractivity contribution in [2.24, 2.45) is 10.4 Å². The third-order valence-corrected chi connectivity index (χ3v) is 5.83. The molecule has 32 heavy (non-hydrogen) atoms. The minimum absolute atomic E-state index is 0. The van der Waals surface area contributed by atoms with Gasteiger partial charge in [0.2, 0.25) is 5.88 Å². The van der Waals surface area contributed by atoms with Crippen molar-refractivity contribution in [1.82, 2.24) is 15.2 Å². The molecule has 4 rings (SSSR count). The Morgan fingerprint density at radius 3 is 2.72 bits per heavy atom. The number of aliphatic imine (C=N–C) groups is 1.